The summed E-state index contributed by atoms with van der Waals surface area (Å²) in [5.41, 5.74) is 2.37. The third kappa shape index (κ3) is 3.21. The van der Waals surface area contributed by atoms with Crippen LogP contribution in [0.2, 0.25) is 19.6 Å². The van der Waals surface area contributed by atoms with Crippen molar-refractivity contribution in [3.05, 3.63) is 11.6 Å². The first-order valence-corrected chi connectivity index (χ1v) is 14.8. The number of carbonyl (C=O) groups excluding carboxylic acids is 1. The van der Waals surface area contributed by atoms with E-state index in [1.165, 1.54) is 44.9 Å². The van der Waals surface area contributed by atoms with Gasteiger partial charge in [0, 0.05) is 12.0 Å². The fraction of sp³-hybridized carbons (Fsp3) is 0.875. The minimum Gasteiger partial charge on any atom is -0.414 e. The lowest BCUT2D eigenvalue weighted by Gasteiger charge is -2.58. The summed E-state index contributed by atoms with van der Waals surface area (Å²) in [5.74, 6) is 3.16. The molecule has 0 heterocycles. The molecule has 4 rings (SSSR count). The second-order valence-electron chi connectivity index (χ2n) is 11.6. The highest BCUT2D eigenvalue weighted by Crippen LogP contribution is 2.66. The van der Waals surface area contributed by atoms with Crippen LogP contribution in [0.4, 0.5) is 0 Å². The molecule has 4 aliphatic carbocycles. The SMILES string of the molecule is CC(=O)C1CCC2C3CC=C4CC(O[Si](C)(C)C)CCC4(C)C3CCC12C. The van der Waals surface area contributed by atoms with Crippen LogP contribution in [0.25, 0.3) is 0 Å². The number of carbonyl (C=O) groups is 1. The fourth-order valence-electron chi connectivity index (χ4n) is 7.90. The predicted molar refractivity (Wildman–Crippen MR) is 114 cm³/mol. The molecule has 0 spiro atoms. The van der Waals surface area contributed by atoms with Crippen LogP contribution in [-0.4, -0.2) is 20.2 Å². The normalized spacial score (nSPS) is 46.9. The van der Waals surface area contributed by atoms with Gasteiger partial charge in [-0.3, -0.25) is 4.79 Å². The summed E-state index contributed by atoms with van der Waals surface area (Å²) in [5, 5.41) is 0. The molecule has 3 saturated carbocycles. The van der Waals surface area contributed by atoms with Crippen LogP contribution in [0.5, 0.6) is 0 Å². The van der Waals surface area contributed by atoms with E-state index in [4.69, 9.17) is 4.43 Å². The number of hydrogen-bond donors (Lipinski definition) is 0. The molecule has 0 bridgehead atoms. The predicted octanol–water partition coefficient (Wildman–Crippen LogP) is 6.37. The van der Waals surface area contributed by atoms with Crippen LogP contribution in [0, 0.1) is 34.5 Å². The molecule has 0 N–H and O–H groups in total. The highest BCUT2D eigenvalue weighted by atomic mass is 28.4. The molecule has 0 radical (unpaired) electrons. The standard InChI is InChI=1S/C24H40O2Si/c1-16(25)20-9-10-21-19-8-7-17-15-18(26-27(4,5)6)11-13-23(17,2)22(19)12-14-24(20,21)3/h7,18-22H,8-15H2,1-6H3. The zero-order chi connectivity index (χ0) is 19.6. The molecule has 2 nitrogen and oxygen atoms in total. The molecule has 0 amide bonds. The molecule has 0 saturated heterocycles. The first-order valence-electron chi connectivity index (χ1n) is 11.4. The lowest BCUT2D eigenvalue weighted by molar-refractivity contribution is -0.127. The Bertz CT molecular complexity index is 647. The maximum Gasteiger partial charge on any atom is 0.184 e. The number of ketones is 1. The molecule has 3 heteroatoms. The van der Waals surface area contributed by atoms with Gasteiger partial charge in [0.25, 0.3) is 0 Å². The summed E-state index contributed by atoms with van der Waals surface area (Å²) in [6.07, 6.45) is 13.0. The minimum absolute atomic E-state index is 0.271. The lowest BCUT2D eigenvalue weighted by Crippen LogP contribution is -2.51. The van der Waals surface area contributed by atoms with Crippen molar-refractivity contribution in [3.63, 3.8) is 0 Å². The average Bonchev–Trinajstić information content (AvgIpc) is 2.91. The summed E-state index contributed by atoms with van der Waals surface area (Å²) < 4.78 is 6.50. The third-order valence-corrected chi connectivity index (χ3v) is 10.1. The van der Waals surface area contributed by atoms with E-state index in [2.05, 4.69) is 39.6 Å². The van der Waals surface area contributed by atoms with Gasteiger partial charge in [-0.15, -0.1) is 0 Å². The first-order chi connectivity index (χ1) is 12.5. The third-order valence-electron chi connectivity index (χ3n) is 9.07. The van der Waals surface area contributed by atoms with Gasteiger partial charge < -0.3 is 4.43 Å². The van der Waals surface area contributed by atoms with Gasteiger partial charge in [-0.2, -0.15) is 0 Å². The van der Waals surface area contributed by atoms with Gasteiger partial charge in [-0.1, -0.05) is 25.5 Å². The quantitative estimate of drug-likeness (QED) is 0.414. The van der Waals surface area contributed by atoms with Crippen LogP contribution in [0.1, 0.15) is 72.1 Å². The van der Waals surface area contributed by atoms with E-state index in [0.717, 1.165) is 24.2 Å². The molecular weight excluding hydrogens is 348 g/mol. The zero-order valence-corrected chi connectivity index (χ0v) is 19.4. The highest BCUT2D eigenvalue weighted by molar-refractivity contribution is 6.69. The first kappa shape index (κ1) is 19.9. The Hall–Kier alpha value is -0.413. The Kier molecular flexibility index (Phi) is 4.83. The molecule has 0 aliphatic heterocycles. The van der Waals surface area contributed by atoms with Crippen molar-refractivity contribution in [2.24, 2.45) is 34.5 Å². The molecule has 7 unspecified atom stereocenters. The largest absolute Gasteiger partial charge is 0.414 e. The minimum atomic E-state index is -1.47. The monoisotopic (exact) mass is 388 g/mol. The second-order valence-corrected chi connectivity index (χ2v) is 16.1. The zero-order valence-electron chi connectivity index (χ0n) is 18.4. The van der Waals surface area contributed by atoms with E-state index < -0.39 is 8.32 Å². The molecule has 152 valence electrons. The second kappa shape index (κ2) is 6.55. The Morgan fingerprint density at radius 2 is 1.81 bits per heavy atom. The van der Waals surface area contributed by atoms with Crippen LogP contribution in [-0.2, 0) is 9.22 Å². The smallest absolute Gasteiger partial charge is 0.184 e. The molecule has 0 aromatic heterocycles. The van der Waals surface area contributed by atoms with E-state index in [-0.39, 0.29) is 5.41 Å². The van der Waals surface area contributed by atoms with Gasteiger partial charge in [-0.25, -0.2) is 0 Å². The Morgan fingerprint density at radius 3 is 2.48 bits per heavy atom. The summed E-state index contributed by atoms with van der Waals surface area (Å²) in [6.45, 7) is 13.8. The van der Waals surface area contributed by atoms with E-state index >= 15 is 0 Å². The van der Waals surface area contributed by atoms with Crippen LogP contribution < -0.4 is 0 Å². The van der Waals surface area contributed by atoms with Crippen molar-refractivity contribution in [1.29, 1.82) is 0 Å². The summed E-state index contributed by atoms with van der Waals surface area (Å²) in [4.78, 5) is 12.3. The Labute approximate surface area is 167 Å². The van der Waals surface area contributed by atoms with Gasteiger partial charge in [0.1, 0.15) is 5.78 Å². The molecule has 0 aromatic rings. The Balaban J connectivity index is 1.57. The van der Waals surface area contributed by atoms with Crippen molar-refractivity contribution in [2.45, 2.75) is 97.9 Å². The van der Waals surface area contributed by atoms with Gasteiger partial charge in [0.05, 0.1) is 0 Å². The topological polar surface area (TPSA) is 26.3 Å². The number of rotatable bonds is 3. The molecule has 0 aromatic carbocycles. The maximum absolute atomic E-state index is 12.3. The number of allylic oxidation sites excluding steroid dienone is 1. The van der Waals surface area contributed by atoms with Crippen molar-refractivity contribution in [2.75, 3.05) is 0 Å². The van der Waals surface area contributed by atoms with Gasteiger partial charge in [0.2, 0.25) is 0 Å². The number of hydrogen-bond acceptors (Lipinski definition) is 2. The summed E-state index contributed by atoms with van der Waals surface area (Å²) >= 11 is 0. The van der Waals surface area contributed by atoms with Crippen LogP contribution in [0.15, 0.2) is 11.6 Å². The Morgan fingerprint density at radius 1 is 1.07 bits per heavy atom. The van der Waals surface area contributed by atoms with Crippen molar-refractivity contribution < 1.29 is 9.22 Å². The van der Waals surface area contributed by atoms with Crippen LogP contribution in [0.3, 0.4) is 0 Å². The van der Waals surface area contributed by atoms with Gasteiger partial charge in [0.15, 0.2) is 8.32 Å². The van der Waals surface area contributed by atoms with Gasteiger partial charge >= 0.3 is 0 Å². The highest BCUT2D eigenvalue weighted by Gasteiger charge is 2.59. The molecular formula is C24H40O2Si. The molecule has 3 fully saturated rings. The molecule has 4 aliphatic rings. The van der Waals surface area contributed by atoms with E-state index in [9.17, 15) is 4.79 Å². The van der Waals surface area contributed by atoms with E-state index in [1.54, 1.807) is 5.57 Å². The number of Topliss-reactive ketones (excluding diaryl/α,β-unsaturated/α-hetero) is 1. The van der Waals surface area contributed by atoms with Crippen molar-refractivity contribution >= 4 is 14.1 Å². The molecule has 7 atom stereocenters. The summed E-state index contributed by atoms with van der Waals surface area (Å²) in [7, 11) is -1.47. The average molecular weight is 389 g/mol. The van der Waals surface area contributed by atoms with Crippen LogP contribution >= 0.6 is 0 Å². The summed E-state index contributed by atoms with van der Waals surface area (Å²) in [6, 6.07) is 0. The number of fused-ring (bicyclic) bond motifs is 5. The maximum atomic E-state index is 12.3. The van der Waals surface area contributed by atoms with Crippen molar-refractivity contribution in [1.82, 2.24) is 0 Å². The fourth-order valence-corrected chi connectivity index (χ4v) is 9.10. The van der Waals surface area contributed by atoms with Gasteiger partial charge in [-0.05, 0) is 107 Å². The lowest BCUT2D eigenvalue weighted by atomic mass is 9.47. The van der Waals surface area contributed by atoms with E-state index in [0.29, 0.717) is 23.2 Å². The molecule has 27 heavy (non-hydrogen) atoms. The van der Waals surface area contributed by atoms with E-state index in [1.807, 2.05) is 6.92 Å². The van der Waals surface area contributed by atoms with Crippen molar-refractivity contribution in [3.8, 4) is 0 Å².